The van der Waals surface area contributed by atoms with E-state index in [0.717, 1.165) is 0 Å². The van der Waals surface area contributed by atoms with Crippen LogP contribution in [0.1, 0.15) is 28.5 Å². The molecule has 0 spiro atoms. The van der Waals surface area contributed by atoms with Crippen LogP contribution >= 0.6 is 11.8 Å². The summed E-state index contributed by atoms with van der Waals surface area (Å²) < 4.78 is 6.78. The molecule has 0 saturated heterocycles. The molecule has 0 atom stereocenters. The monoisotopic (exact) mass is 381 g/mol. The molecular weight excluding hydrogens is 366 g/mol. The second kappa shape index (κ2) is 7.93. The number of hydrogen-bond acceptors (Lipinski definition) is 6. The van der Waals surface area contributed by atoms with Gasteiger partial charge in [0.25, 0.3) is 5.69 Å². The molecule has 3 aromatic rings. The Kier molecular flexibility index (Phi) is 5.43. The average molecular weight is 381 g/mol. The van der Waals surface area contributed by atoms with Crippen LogP contribution in [0.15, 0.2) is 53.6 Å². The van der Waals surface area contributed by atoms with E-state index in [1.165, 1.54) is 17.8 Å². The number of benzene rings is 1. The molecule has 0 radical (unpaired) electrons. The zero-order chi connectivity index (χ0) is 19.4. The van der Waals surface area contributed by atoms with Gasteiger partial charge < -0.3 is 9.14 Å². The number of nitriles is 1. The van der Waals surface area contributed by atoms with Crippen molar-refractivity contribution in [2.24, 2.45) is 0 Å². The third kappa shape index (κ3) is 3.50. The number of thioether (sulfide) groups is 1. The largest absolute Gasteiger partial charge is 0.461 e. The van der Waals surface area contributed by atoms with Gasteiger partial charge in [-0.1, -0.05) is 24.3 Å². The number of pyridine rings is 1. The van der Waals surface area contributed by atoms with Gasteiger partial charge >= 0.3 is 5.97 Å². The van der Waals surface area contributed by atoms with Gasteiger partial charge in [0.15, 0.2) is 0 Å². The molecule has 8 heteroatoms. The van der Waals surface area contributed by atoms with Crippen molar-refractivity contribution < 1.29 is 14.5 Å². The van der Waals surface area contributed by atoms with Crippen LogP contribution in [0.4, 0.5) is 5.69 Å². The van der Waals surface area contributed by atoms with Gasteiger partial charge in [-0.05, 0) is 19.1 Å². The summed E-state index contributed by atoms with van der Waals surface area (Å²) in [7, 11) is 0. The molecule has 2 heterocycles. The Morgan fingerprint density at radius 2 is 2.04 bits per heavy atom. The Bertz CT molecular complexity index is 1070. The first-order valence-corrected chi connectivity index (χ1v) is 9.12. The Morgan fingerprint density at radius 1 is 1.30 bits per heavy atom. The SMILES string of the molecule is CCOC(=O)c1c(SCc2ccccc2[N+](=O)[O-])c(C#N)c2ccccn12. The van der Waals surface area contributed by atoms with Crippen LogP contribution in [0.5, 0.6) is 0 Å². The maximum Gasteiger partial charge on any atom is 0.356 e. The topological polar surface area (TPSA) is 97.6 Å². The smallest absolute Gasteiger partial charge is 0.356 e. The minimum absolute atomic E-state index is 0.00459. The molecule has 1 aromatic carbocycles. The molecule has 0 unspecified atom stereocenters. The molecule has 0 N–H and O–H groups in total. The second-order valence-corrected chi connectivity index (χ2v) is 6.50. The first-order valence-electron chi connectivity index (χ1n) is 8.13. The highest BCUT2D eigenvalue weighted by atomic mass is 32.2. The Hall–Kier alpha value is -3.31. The summed E-state index contributed by atoms with van der Waals surface area (Å²) in [5.41, 5.74) is 1.72. The van der Waals surface area contributed by atoms with Gasteiger partial charge in [-0.25, -0.2) is 4.79 Å². The van der Waals surface area contributed by atoms with E-state index < -0.39 is 10.9 Å². The molecule has 0 aliphatic carbocycles. The van der Waals surface area contributed by atoms with Crippen LogP contribution in [0.3, 0.4) is 0 Å². The predicted octanol–water partition coefficient (Wildman–Crippen LogP) is 4.19. The van der Waals surface area contributed by atoms with E-state index >= 15 is 0 Å². The summed E-state index contributed by atoms with van der Waals surface area (Å²) >= 11 is 1.21. The third-order valence-corrected chi connectivity index (χ3v) is 5.08. The lowest BCUT2D eigenvalue weighted by Crippen LogP contribution is -2.09. The molecule has 0 aliphatic rings. The summed E-state index contributed by atoms with van der Waals surface area (Å²) in [6.45, 7) is 1.91. The first kappa shape index (κ1) is 18.5. The number of carbonyl (C=O) groups is 1. The van der Waals surface area contributed by atoms with E-state index in [2.05, 4.69) is 6.07 Å². The standard InChI is InChI=1S/C19H15N3O4S/c1-2-26-19(23)17-18(14(11-20)16-9-5-6-10-21(16)17)27-12-13-7-3-4-8-15(13)22(24)25/h3-10H,2,12H2,1H3. The van der Waals surface area contributed by atoms with Crippen LogP contribution in [0.2, 0.25) is 0 Å². The first-order chi connectivity index (χ1) is 13.1. The van der Waals surface area contributed by atoms with Crippen molar-refractivity contribution in [1.82, 2.24) is 4.40 Å². The van der Waals surface area contributed by atoms with Crippen LogP contribution in [-0.4, -0.2) is 21.9 Å². The number of aromatic nitrogens is 1. The number of ether oxygens (including phenoxy) is 1. The van der Waals surface area contributed by atoms with Gasteiger partial charge in [0.1, 0.15) is 11.8 Å². The molecule has 0 fully saturated rings. The van der Waals surface area contributed by atoms with Crippen molar-refractivity contribution in [2.45, 2.75) is 17.6 Å². The predicted molar refractivity (Wildman–Crippen MR) is 101 cm³/mol. The van der Waals surface area contributed by atoms with E-state index in [9.17, 15) is 20.2 Å². The molecule has 136 valence electrons. The van der Waals surface area contributed by atoms with Crippen LogP contribution in [-0.2, 0) is 10.5 Å². The quantitative estimate of drug-likeness (QED) is 0.275. The van der Waals surface area contributed by atoms with Gasteiger partial charge in [-0.2, -0.15) is 5.26 Å². The highest BCUT2D eigenvalue weighted by molar-refractivity contribution is 7.98. The number of nitro groups is 1. The fourth-order valence-corrected chi connectivity index (χ4v) is 3.94. The van der Waals surface area contributed by atoms with Crippen molar-refractivity contribution in [1.29, 1.82) is 5.26 Å². The molecule has 0 saturated carbocycles. The maximum atomic E-state index is 12.5. The molecular formula is C19H15N3O4S. The number of esters is 1. The van der Waals surface area contributed by atoms with Gasteiger partial charge in [0.2, 0.25) is 0 Å². The number of nitro benzene ring substituents is 1. The van der Waals surface area contributed by atoms with Gasteiger partial charge in [-0.15, -0.1) is 11.8 Å². The number of fused-ring (bicyclic) bond motifs is 1. The highest BCUT2D eigenvalue weighted by Crippen LogP contribution is 2.36. The molecule has 0 aliphatic heterocycles. The number of nitrogens with zero attached hydrogens (tertiary/aromatic N) is 3. The fourth-order valence-electron chi connectivity index (χ4n) is 2.79. The van der Waals surface area contributed by atoms with E-state index in [0.29, 0.717) is 21.5 Å². The Morgan fingerprint density at radius 3 is 2.74 bits per heavy atom. The lowest BCUT2D eigenvalue weighted by Gasteiger charge is -2.06. The van der Waals surface area contributed by atoms with Crippen molar-refractivity contribution in [2.75, 3.05) is 6.61 Å². The van der Waals surface area contributed by atoms with Crippen molar-refractivity contribution in [3.8, 4) is 6.07 Å². The van der Waals surface area contributed by atoms with Crippen LogP contribution in [0, 0.1) is 21.4 Å². The summed E-state index contributed by atoms with van der Waals surface area (Å²) in [5.74, 6) is -0.292. The van der Waals surface area contributed by atoms with Crippen molar-refractivity contribution in [3.63, 3.8) is 0 Å². The van der Waals surface area contributed by atoms with Crippen LogP contribution in [0.25, 0.3) is 5.52 Å². The zero-order valence-corrected chi connectivity index (χ0v) is 15.2. The van der Waals surface area contributed by atoms with E-state index in [4.69, 9.17) is 4.74 Å². The summed E-state index contributed by atoms with van der Waals surface area (Å²) in [6.07, 6.45) is 1.69. The third-order valence-electron chi connectivity index (χ3n) is 3.94. The Balaban J connectivity index is 2.08. The summed E-state index contributed by atoms with van der Waals surface area (Å²) in [4.78, 5) is 23.8. The molecule has 2 aromatic heterocycles. The molecule has 27 heavy (non-hydrogen) atoms. The van der Waals surface area contributed by atoms with Crippen molar-refractivity contribution in [3.05, 3.63) is 75.6 Å². The van der Waals surface area contributed by atoms with Crippen LogP contribution < -0.4 is 0 Å². The van der Waals surface area contributed by atoms with Crippen molar-refractivity contribution >= 4 is 28.9 Å². The lowest BCUT2D eigenvalue weighted by molar-refractivity contribution is -0.385. The summed E-state index contributed by atoms with van der Waals surface area (Å²) in [6, 6.07) is 13.8. The normalized spacial score (nSPS) is 10.5. The van der Waals surface area contributed by atoms with Gasteiger partial charge in [-0.3, -0.25) is 10.1 Å². The van der Waals surface area contributed by atoms with Gasteiger partial charge in [0, 0.05) is 23.6 Å². The minimum atomic E-state index is -0.537. The average Bonchev–Trinajstić information content (AvgIpc) is 3.00. The molecule has 0 amide bonds. The van der Waals surface area contributed by atoms with E-state index in [-0.39, 0.29) is 23.7 Å². The Labute approximate surface area is 159 Å². The number of hydrogen-bond donors (Lipinski definition) is 0. The summed E-state index contributed by atoms with van der Waals surface area (Å²) in [5, 5.41) is 20.9. The second-order valence-electron chi connectivity index (χ2n) is 5.52. The highest BCUT2D eigenvalue weighted by Gasteiger charge is 2.25. The van der Waals surface area contributed by atoms with Gasteiger partial charge in [0.05, 0.1) is 27.5 Å². The molecule has 0 bridgehead atoms. The maximum absolute atomic E-state index is 12.5. The molecule has 7 nitrogen and oxygen atoms in total. The van der Waals surface area contributed by atoms with E-state index in [1.54, 1.807) is 53.9 Å². The zero-order valence-electron chi connectivity index (χ0n) is 14.4. The van der Waals surface area contributed by atoms with E-state index in [1.807, 2.05) is 0 Å². The fraction of sp³-hybridized carbons (Fsp3) is 0.158. The minimum Gasteiger partial charge on any atom is -0.461 e. The number of para-hydroxylation sites is 1. The molecule has 3 rings (SSSR count). The number of rotatable bonds is 6. The lowest BCUT2D eigenvalue weighted by atomic mass is 10.2. The number of carbonyl (C=O) groups excluding carboxylic acids is 1.